The summed E-state index contributed by atoms with van der Waals surface area (Å²) in [6, 6.07) is 7.06. The molecule has 1 atom stereocenters. The van der Waals surface area contributed by atoms with E-state index in [4.69, 9.17) is 11.6 Å². The predicted molar refractivity (Wildman–Crippen MR) is 96.5 cm³/mol. The number of amides is 1. The lowest BCUT2D eigenvalue weighted by Crippen LogP contribution is -2.26. The highest BCUT2D eigenvalue weighted by molar-refractivity contribution is 7.15. The third kappa shape index (κ3) is 3.59. The topological polar surface area (TPSA) is 42.0 Å². The minimum Gasteiger partial charge on any atom is -0.298 e. The van der Waals surface area contributed by atoms with E-state index in [9.17, 15) is 4.79 Å². The van der Waals surface area contributed by atoms with Crippen LogP contribution in [0.15, 0.2) is 24.3 Å². The number of benzene rings is 1. The predicted octanol–water partition coefficient (Wildman–Crippen LogP) is 5.20. The molecule has 3 rings (SSSR count). The smallest absolute Gasteiger partial charge is 0.258 e. The molecule has 5 heteroatoms. The van der Waals surface area contributed by atoms with Gasteiger partial charge in [0.05, 0.1) is 16.3 Å². The Balaban J connectivity index is 1.76. The van der Waals surface area contributed by atoms with Gasteiger partial charge < -0.3 is 0 Å². The van der Waals surface area contributed by atoms with Gasteiger partial charge in [-0.05, 0) is 42.7 Å². The molecule has 1 aliphatic carbocycles. The van der Waals surface area contributed by atoms with Gasteiger partial charge in [-0.1, -0.05) is 44.5 Å². The summed E-state index contributed by atoms with van der Waals surface area (Å²) in [5.41, 5.74) is 1.93. The first-order valence-corrected chi connectivity index (χ1v) is 9.08. The normalized spacial score (nSPS) is 17.7. The zero-order chi connectivity index (χ0) is 16.6. The second-order valence-corrected chi connectivity index (χ2v) is 8.62. The highest BCUT2D eigenvalue weighted by Gasteiger charge is 2.30. The van der Waals surface area contributed by atoms with Crippen molar-refractivity contribution in [1.82, 2.24) is 4.98 Å². The van der Waals surface area contributed by atoms with Crippen LogP contribution < -0.4 is 5.32 Å². The van der Waals surface area contributed by atoms with Crippen molar-refractivity contribution in [2.24, 2.45) is 11.3 Å². The van der Waals surface area contributed by atoms with Gasteiger partial charge in [-0.25, -0.2) is 4.98 Å². The zero-order valence-electron chi connectivity index (χ0n) is 13.6. The highest BCUT2D eigenvalue weighted by atomic mass is 35.5. The lowest BCUT2D eigenvalue weighted by Gasteiger charge is -2.33. The summed E-state index contributed by atoms with van der Waals surface area (Å²) in [7, 11) is 0. The van der Waals surface area contributed by atoms with E-state index in [2.05, 4.69) is 31.1 Å². The maximum Gasteiger partial charge on any atom is 0.258 e. The zero-order valence-corrected chi connectivity index (χ0v) is 15.2. The van der Waals surface area contributed by atoms with E-state index in [1.165, 1.54) is 4.88 Å². The van der Waals surface area contributed by atoms with Crippen LogP contribution >= 0.6 is 22.9 Å². The van der Waals surface area contributed by atoms with Gasteiger partial charge >= 0.3 is 0 Å². The van der Waals surface area contributed by atoms with Gasteiger partial charge in [-0.2, -0.15) is 0 Å². The summed E-state index contributed by atoms with van der Waals surface area (Å²) in [6.07, 6.45) is 3.21. The Morgan fingerprint density at radius 2 is 2.09 bits per heavy atom. The Bertz CT molecular complexity index is 733. The largest absolute Gasteiger partial charge is 0.298 e. The maximum atomic E-state index is 12.3. The van der Waals surface area contributed by atoms with Crippen molar-refractivity contribution in [3.05, 3.63) is 45.4 Å². The maximum absolute atomic E-state index is 12.3. The lowest BCUT2D eigenvalue weighted by atomic mass is 9.73. The number of carbonyl (C=O) groups is 1. The fraction of sp³-hybridized carbons (Fsp3) is 0.444. The quantitative estimate of drug-likeness (QED) is 0.810. The number of hydrogen-bond donors (Lipinski definition) is 1. The van der Waals surface area contributed by atoms with Gasteiger partial charge in [-0.3, -0.25) is 10.1 Å². The van der Waals surface area contributed by atoms with E-state index in [1.54, 1.807) is 23.5 Å². The van der Waals surface area contributed by atoms with E-state index in [1.807, 2.05) is 12.1 Å². The number of anilines is 1. The van der Waals surface area contributed by atoms with Crippen LogP contribution in [0.25, 0.3) is 0 Å². The molecule has 0 saturated heterocycles. The Morgan fingerprint density at radius 3 is 2.78 bits per heavy atom. The van der Waals surface area contributed by atoms with Crippen LogP contribution in [0.2, 0.25) is 5.02 Å². The van der Waals surface area contributed by atoms with Gasteiger partial charge in [0.15, 0.2) is 5.13 Å². The van der Waals surface area contributed by atoms with Crippen LogP contribution in [0, 0.1) is 11.3 Å². The lowest BCUT2D eigenvalue weighted by molar-refractivity contribution is 0.102. The van der Waals surface area contributed by atoms with Gasteiger partial charge in [0.2, 0.25) is 0 Å². The van der Waals surface area contributed by atoms with Crippen molar-refractivity contribution in [3.63, 3.8) is 0 Å². The number of carbonyl (C=O) groups excluding carboxylic acids is 1. The monoisotopic (exact) mass is 348 g/mol. The Labute approximate surface area is 146 Å². The van der Waals surface area contributed by atoms with Crippen LogP contribution in [0.1, 0.15) is 48.1 Å². The molecule has 0 fully saturated rings. The Kier molecular flexibility index (Phi) is 4.47. The van der Waals surface area contributed by atoms with Crippen LogP contribution in [-0.2, 0) is 12.8 Å². The van der Waals surface area contributed by atoms with E-state index in [0.29, 0.717) is 27.1 Å². The molecule has 1 amide bonds. The van der Waals surface area contributed by atoms with Crippen molar-refractivity contribution in [2.45, 2.75) is 40.0 Å². The van der Waals surface area contributed by atoms with Gasteiger partial charge in [0.25, 0.3) is 5.91 Å². The Morgan fingerprint density at radius 1 is 1.35 bits per heavy atom. The molecule has 1 N–H and O–H groups in total. The fourth-order valence-corrected chi connectivity index (χ4v) is 4.28. The number of thiazole rings is 1. The molecular weight excluding hydrogens is 328 g/mol. The molecule has 0 aliphatic heterocycles. The van der Waals surface area contributed by atoms with Crippen molar-refractivity contribution >= 4 is 34.0 Å². The van der Waals surface area contributed by atoms with Crippen molar-refractivity contribution in [2.75, 3.05) is 5.32 Å². The molecule has 0 radical (unpaired) electrons. The molecule has 1 aromatic heterocycles. The third-order valence-electron chi connectivity index (χ3n) is 4.50. The standard InChI is InChI=1S/C18H21ClN2OS/c1-18(2,3)11-8-9-14-15(10-11)23-17(20-14)21-16(22)12-6-4-5-7-13(12)19/h4-7,11H,8-10H2,1-3H3,(H,20,21,22)/t11-/m0/s1. The first-order valence-electron chi connectivity index (χ1n) is 7.89. The van der Waals surface area contributed by atoms with Crippen LogP contribution in [0.4, 0.5) is 5.13 Å². The Hall–Kier alpha value is -1.39. The SMILES string of the molecule is CC(C)(C)[C@H]1CCc2nc(NC(=O)c3ccccc3Cl)sc2C1. The molecule has 23 heavy (non-hydrogen) atoms. The second-order valence-electron chi connectivity index (χ2n) is 7.13. The molecule has 0 saturated carbocycles. The minimum absolute atomic E-state index is 0.200. The molecular formula is C18H21ClN2OS. The van der Waals surface area contributed by atoms with E-state index < -0.39 is 0 Å². The summed E-state index contributed by atoms with van der Waals surface area (Å²) in [4.78, 5) is 18.3. The number of hydrogen-bond acceptors (Lipinski definition) is 3. The summed E-state index contributed by atoms with van der Waals surface area (Å²) < 4.78 is 0. The molecule has 2 aromatic rings. The van der Waals surface area contributed by atoms with Crippen molar-refractivity contribution in [1.29, 1.82) is 0 Å². The number of fused-ring (bicyclic) bond motifs is 1. The molecule has 1 heterocycles. The number of aromatic nitrogens is 1. The van der Waals surface area contributed by atoms with Gasteiger partial charge in [0, 0.05) is 4.88 Å². The average Bonchev–Trinajstić information content (AvgIpc) is 2.87. The average molecular weight is 349 g/mol. The number of nitrogens with one attached hydrogen (secondary N) is 1. The first-order chi connectivity index (χ1) is 10.8. The van der Waals surface area contributed by atoms with E-state index in [0.717, 1.165) is 25.0 Å². The second kappa shape index (κ2) is 6.25. The fourth-order valence-electron chi connectivity index (χ4n) is 2.98. The number of nitrogens with zero attached hydrogens (tertiary/aromatic N) is 1. The van der Waals surface area contributed by atoms with E-state index >= 15 is 0 Å². The first kappa shape index (κ1) is 16.5. The third-order valence-corrected chi connectivity index (χ3v) is 5.87. The van der Waals surface area contributed by atoms with Crippen molar-refractivity contribution < 1.29 is 4.79 Å². The van der Waals surface area contributed by atoms with Crippen LogP contribution in [-0.4, -0.2) is 10.9 Å². The number of halogens is 1. The van der Waals surface area contributed by atoms with Crippen LogP contribution in [0.3, 0.4) is 0 Å². The highest BCUT2D eigenvalue weighted by Crippen LogP contribution is 2.40. The summed E-state index contributed by atoms with van der Waals surface area (Å²) in [6.45, 7) is 6.89. The van der Waals surface area contributed by atoms with Crippen LogP contribution in [0.5, 0.6) is 0 Å². The summed E-state index contributed by atoms with van der Waals surface area (Å²) in [5.74, 6) is 0.469. The molecule has 0 bridgehead atoms. The summed E-state index contributed by atoms with van der Waals surface area (Å²) in [5, 5.41) is 4.03. The van der Waals surface area contributed by atoms with Gasteiger partial charge in [0.1, 0.15) is 0 Å². The van der Waals surface area contributed by atoms with Crippen molar-refractivity contribution in [3.8, 4) is 0 Å². The van der Waals surface area contributed by atoms with E-state index in [-0.39, 0.29) is 5.91 Å². The molecule has 122 valence electrons. The van der Waals surface area contributed by atoms with Gasteiger partial charge in [-0.15, -0.1) is 11.3 Å². The summed E-state index contributed by atoms with van der Waals surface area (Å²) >= 11 is 7.68. The number of rotatable bonds is 2. The molecule has 0 unspecified atom stereocenters. The minimum atomic E-state index is -0.200. The molecule has 1 aliphatic rings. The number of aryl methyl sites for hydroxylation is 1. The molecule has 1 aromatic carbocycles. The molecule has 0 spiro atoms. The molecule has 3 nitrogen and oxygen atoms in total.